The van der Waals surface area contributed by atoms with Crippen LogP contribution in [0.25, 0.3) is 0 Å². The van der Waals surface area contributed by atoms with Gasteiger partial charge in [-0.3, -0.25) is 15.5 Å². The van der Waals surface area contributed by atoms with Crippen molar-refractivity contribution < 1.29 is 18.4 Å². The van der Waals surface area contributed by atoms with E-state index in [4.69, 9.17) is 19.0 Å². The van der Waals surface area contributed by atoms with Gasteiger partial charge in [0.2, 0.25) is 17.7 Å². The molecule has 0 bridgehead atoms. The molecular formula is C12H16N6O4. The molecule has 0 unspecified atom stereocenters. The number of carbonyl (C=O) groups is 1. The molecule has 2 rings (SSSR count). The van der Waals surface area contributed by atoms with Gasteiger partial charge in [0.1, 0.15) is 0 Å². The van der Waals surface area contributed by atoms with Crippen molar-refractivity contribution in [2.75, 3.05) is 5.32 Å². The second-order valence-electron chi connectivity index (χ2n) is 4.41. The monoisotopic (exact) mass is 308 g/mol. The summed E-state index contributed by atoms with van der Waals surface area (Å²) < 4.78 is 15.3. The minimum Gasteiger partial charge on any atom is -0.474 e. The fourth-order valence-electron chi connectivity index (χ4n) is 1.67. The highest BCUT2D eigenvalue weighted by Gasteiger charge is 2.08. The molecule has 0 aliphatic rings. The minimum atomic E-state index is -0.255. The lowest BCUT2D eigenvalue weighted by Crippen LogP contribution is -2.05. The topological polar surface area (TPSA) is 140 Å². The van der Waals surface area contributed by atoms with Crippen LogP contribution < -0.4 is 5.32 Å². The second kappa shape index (κ2) is 7.86. The van der Waals surface area contributed by atoms with Crippen LogP contribution in [-0.2, 0) is 29.0 Å². The van der Waals surface area contributed by atoms with E-state index < -0.39 is 0 Å². The molecule has 2 N–H and O–H groups in total. The smallest absolute Gasteiger partial charge is 0.322 e. The first kappa shape index (κ1) is 15.6. The van der Waals surface area contributed by atoms with Crippen molar-refractivity contribution >= 4 is 18.3 Å². The van der Waals surface area contributed by atoms with Crippen molar-refractivity contribution in [3.05, 3.63) is 17.7 Å². The van der Waals surface area contributed by atoms with Crippen molar-refractivity contribution in [2.45, 2.75) is 39.2 Å². The predicted octanol–water partition coefficient (Wildman–Crippen LogP) is 1.10. The van der Waals surface area contributed by atoms with Crippen molar-refractivity contribution in [2.24, 2.45) is 0 Å². The SMILES string of the molecule is CC(=O)Nc1nnc(CCCCc2nnc(COC=N)o2)o1. The van der Waals surface area contributed by atoms with Gasteiger partial charge in [0.05, 0.1) is 0 Å². The zero-order valence-corrected chi connectivity index (χ0v) is 12.0. The molecule has 0 radical (unpaired) electrons. The van der Waals surface area contributed by atoms with Gasteiger partial charge in [-0.15, -0.1) is 15.3 Å². The third-order valence-corrected chi connectivity index (χ3v) is 2.58. The molecule has 0 spiro atoms. The molecule has 10 heteroatoms. The summed E-state index contributed by atoms with van der Waals surface area (Å²) in [5.74, 6) is 1.08. The number of aromatic nitrogens is 4. The van der Waals surface area contributed by atoms with Crippen LogP contribution in [0.2, 0.25) is 0 Å². The number of rotatable bonds is 9. The Labute approximate surface area is 125 Å². The van der Waals surface area contributed by atoms with E-state index in [0.29, 0.717) is 30.5 Å². The first-order chi connectivity index (χ1) is 10.7. The number of nitrogens with zero attached hydrogens (tertiary/aromatic N) is 4. The maximum Gasteiger partial charge on any atom is 0.322 e. The van der Waals surface area contributed by atoms with Gasteiger partial charge < -0.3 is 13.6 Å². The molecule has 118 valence electrons. The maximum absolute atomic E-state index is 10.8. The first-order valence-corrected chi connectivity index (χ1v) is 6.69. The highest BCUT2D eigenvalue weighted by atomic mass is 16.5. The van der Waals surface area contributed by atoms with Crippen LogP contribution in [0.4, 0.5) is 6.01 Å². The summed E-state index contributed by atoms with van der Waals surface area (Å²) in [6, 6.07) is 0.107. The van der Waals surface area contributed by atoms with E-state index in [1.54, 1.807) is 0 Å². The van der Waals surface area contributed by atoms with Crippen LogP contribution in [0.5, 0.6) is 0 Å². The molecule has 22 heavy (non-hydrogen) atoms. The van der Waals surface area contributed by atoms with Crippen LogP contribution in [0.3, 0.4) is 0 Å². The van der Waals surface area contributed by atoms with Gasteiger partial charge in [0, 0.05) is 19.8 Å². The van der Waals surface area contributed by atoms with Crippen molar-refractivity contribution in [3.8, 4) is 0 Å². The van der Waals surface area contributed by atoms with E-state index in [1.807, 2.05) is 0 Å². The number of ether oxygens (including phenoxy) is 1. The summed E-state index contributed by atoms with van der Waals surface area (Å²) in [4.78, 5) is 10.8. The van der Waals surface area contributed by atoms with Gasteiger partial charge in [-0.05, 0) is 12.8 Å². The Morgan fingerprint density at radius 1 is 1.14 bits per heavy atom. The summed E-state index contributed by atoms with van der Waals surface area (Å²) in [6.07, 6.45) is 3.67. The van der Waals surface area contributed by atoms with E-state index >= 15 is 0 Å². The second-order valence-corrected chi connectivity index (χ2v) is 4.41. The molecule has 1 amide bonds. The zero-order chi connectivity index (χ0) is 15.8. The number of aryl methyl sites for hydroxylation is 2. The summed E-state index contributed by atoms with van der Waals surface area (Å²) in [7, 11) is 0. The van der Waals surface area contributed by atoms with Crippen LogP contribution in [0.15, 0.2) is 8.83 Å². The lowest BCUT2D eigenvalue weighted by molar-refractivity contribution is -0.114. The number of carbonyl (C=O) groups excluding carboxylic acids is 1. The third kappa shape index (κ3) is 4.96. The number of nitrogens with one attached hydrogen (secondary N) is 2. The molecule has 2 aromatic heterocycles. The normalized spacial score (nSPS) is 10.4. The largest absolute Gasteiger partial charge is 0.474 e. The molecule has 0 aliphatic carbocycles. The fraction of sp³-hybridized carbons (Fsp3) is 0.500. The Bertz CT molecular complexity index is 623. The number of hydrogen-bond donors (Lipinski definition) is 2. The van der Waals surface area contributed by atoms with E-state index in [2.05, 4.69) is 25.7 Å². The molecule has 2 aromatic rings. The van der Waals surface area contributed by atoms with E-state index in [1.165, 1.54) is 6.92 Å². The maximum atomic E-state index is 10.8. The zero-order valence-electron chi connectivity index (χ0n) is 12.0. The van der Waals surface area contributed by atoms with Gasteiger partial charge in [0.25, 0.3) is 5.89 Å². The van der Waals surface area contributed by atoms with Crippen molar-refractivity contribution in [1.82, 2.24) is 20.4 Å². The molecule has 0 saturated heterocycles. The minimum absolute atomic E-state index is 0.102. The third-order valence-electron chi connectivity index (χ3n) is 2.58. The standard InChI is InChI=1S/C12H16N6O4/c1-8(19)14-12-18-16-10(22-12)5-3-2-4-9-15-17-11(21-9)6-20-7-13/h7,13H,2-6H2,1H3,(H,14,18,19). The lowest BCUT2D eigenvalue weighted by Gasteiger charge is -1.95. The molecule has 10 nitrogen and oxygen atoms in total. The molecule has 0 aliphatic heterocycles. The number of hydrogen-bond acceptors (Lipinski definition) is 9. The summed E-state index contributed by atoms with van der Waals surface area (Å²) in [6.45, 7) is 1.47. The van der Waals surface area contributed by atoms with Gasteiger partial charge in [-0.25, -0.2) is 0 Å². The van der Waals surface area contributed by atoms with Crippen molar-refractivity contribution in [1.29, 1.82) is 5.41 Å². The molecule has 0 aromatic carbocycles. The van der Waals surface area contributed by atoms with E-state index in [9.17, 15) is 4.79 Å². The van der Waals surface area contributed by atoms with Gasteiger partial charge >= 0.3 is 6.01 Å². The van der Waals surface area contributed by atoms with Gasteiger partial charge in [0.15, 0.2) is 13.0 Å². The van der Waals surface area contributed by atoms with E-state index in [-0.39, 0.29) is 18.5 Å². The van der Waals surface area contributed by atoms with Crippen LogP contribution in [0, 0.1) is 5.41 Å². The molecule has 0 atom stereocenters. The quantitative estimate of drug-likeness (QED) is 0.398. The number of anilines is 1. The van der Waals surface area contributed by atoms with Crippen LogP contribution in [0.1, 0.15) is 37.4 Å². The Balaban J connectivity index is 1.68. The summed E-state index contributed by atoms with van der Waals surface area (Å²) >= 11 is 0. The summed E-state index contributed by atoms with van der Waals surface area (Å²) in [5, 5.41) is 24.4. The fourth-order valence-corrected chi connectivity index (χ4v) is 1.67. The molecular weight excluding hydrogens is 292 g/mol. The average molecular weight is 308 g/mol. The highest BCUT2D eigenvalue weighted by molar-refractivity contribution is 5.86. The Morgan fingerprint density at radius 2 is 1.77 bits per heavy atom. The van der Waals surface area contributed by atoms with Gasteiger partial charge in [-0.2, -0.15) is 0 Å². The van der Waals surface area contributed by atoms with Crippen LogP contribution in [-0.4, -0.2) is 32.7 Å². The van der Waals surface area contributed by atoms with Crippen molar-refractivity contribution in [3.63, 3.8) is 0 Å². The summed E-state index contributed by atoms with van der Waals surface area (Å²) in [5.41, 5.74) is 0. The molecule has 0 fully saturated rings. The number of unbranched alkanes of at least 4 members (excludes halogenated alkanes) is 1. The lowest BCUT2D eigenvalue weighted by atomic mass is 10.2. The van der Waals surface area contributed by atoms with Gasteiger partial charge in [-0.1, -0.05) is 5.10 Å². The Hall–Kier alpha value is -2.78. The van der Waals surface area contributed by atoms with Crippen LogP contribution >= 0.6 is 0 Å². The van der Waals surface area contributed by atoms with E-state index in [0.717, 1.165) is 19.2 Å². The molecule has 0 saturated carbocycles. The highest BCUT2D eigenvalue weighted by Crippen LogP contribution is 2.10. The first-order valence-electron chi connectivity index (χ1n) is 6.69. The Kier molecular flexibility index (Phi) is 5.57. The number of amides is 1. The average Bonchev–Trinajstić information content (AvgIpc) is 3.10. The molecule has 2 heterocycles. The Morgan fingerprint density at radius 3 is 2.45 bits per heavy atom. The predicted molar refractivity (Wildman–Crippen MR) is 73.1 cm³/mol.